The predicted octanol–water partition coefficient (Wildman–Crippen LogP) is 1.28. The van der Waals surface area contributed by atoms with Gasteiger partial charge >= 0.3 is 0 Å². The van der Waals surface area contributed by atoms with Gasteiger partial charge in [0.05, 0.1) is 11.2 Å². The zero-order valence-corrected chi connectivity index (χ0v) is 16.1. The lowest BCUT2D eigenvalue weighted by molar-refractivity contribution is -0.129. The molecule has 1 aliphatic carbocycles. The third-order valence-electron chi connectivity index (χ3n) is 5.44. The summed E-state index contributed by atoms with van der Waals surface area (Å²) in [4.78, 5) is 26.3. The minimum Gasteiger partial charge on any atom is -0.356 e. The number of sulfone groups is 1. The molecule has 0 spiro atoms. The lowest BCUT2D eigenvalue weighted by atomic mass is 9.84. The number of carbonyl (C=O) groups excluding carboxylic acids is 2. The van der Waals surface area contributed by atoms with Crippen molar-refractivity contribution in [3.8, 4) is 0 Å². The van der Waals surface area contributed by atoms with Crippen LogP contribution in [0.4, 0.5) is 0 Å². The van der Waals surface area contributed by atoms with Crippen LogP contribution in [-0.2, 0) is 26.0 Å². The predicted molar refractivity (Wildman–Crippen MR) is 99.1 cm³/mol. The summed E-state index contributed by atoms with van der Waals surface area (Å²) in [5.41, 5.74) is 2.24. The van der Waals surface area contributed by atoms with E-state index in [4.69, 9.17) is 0 Å². The van der Waals surface area contributed by atoms with Crippen molar-refractivity contribution in [3.63, 3.8) is 0 Å². The Hall–Kier alpha value is -1.89. The second-order valence-corrected chi connectivity index (χ2v) is 10.0. The highest BCUT2D eigenvalue weighted by Gasteiger charge is 2.38. The van der Waals surface area contributed by atoms with E-state index in [1.165, 1.54) is 11.8 Å². The largest absolute Gasteiger partial charge is 0.356 e. The number of hydrogen-bond acceptors (Lipinski definition) is 4. The molecule has 142 valence electrons. The Balaban J connectivity index is 1.44. The molecule has 1 atom stereocenters. The molecule has 2 amide bonds. The summed E-state index contributed by atoms with van der Waals surface area (Å²) in [7, 11) is -2.96. The van der Waals surface area contributed by atoms with Gasteiger partial charge in [0.15, 0.2) is 0 Å². The van der Waals surface area contributed by atoms with E-state index in [9.17, 15) is 18.0 Å². The monoisotopic (exact) mass is 378 g/mol. The zero-order valence-electron chi connectivity index (χ0n) is 15.3. The average Bonchev–Trinajstić information content (AvgIpc) is 2.87. The van der Waals surface area contributed by atoms with Gasteiger partial charge in [-0.3, -0.25) is 9.59 Å². The highest BCUT2D eigenvalue weighted by molar-refractivity contribution is 7.91. The Morgan fingerprint density at radius 1 is 1.23 bits per heavy atom. The van der Waals surface area contributed by atoms with Crippen LogP contribution >= 0.6 is 0 Å². The molecular weight excluding hydrogens is 352 g/mol. The number of rotatable bonds is 6. The van der Waals surface area contributed by atoms with Gasteiger partial charge in [0.1, 0.15) is 9.84 Å². The van der Waals surface area contributed by atoms with Crippen molar-refractivity contribution in [1.29, 1.82) is 0 Å². The summed E-state index contributed by atoms with van der Waals surface area (Å²) in [5.74, 6) is -0.197. The molecule has 2 aliphatic rings. The highest BCUT2D eigenvalue weighted by Crippen LogP contribution is 2.32. The molecule has 3 rings (SSSR count). The van der Waals surface area contributed by atoms with E-state index in [0.29, 0.717) is 32.5 Å². The van der Waals surface area contributed by atoms with Crippen molar-refractivity contribution >= 4 is 21.7 Å². The minimum absolute atomic E-state index is 0.00603. The molecule has 0 radical (unpaired) electrons. The second kappa shape index (κ2) is 7.39. The minimum atomic E-state index is -2.96. The van der Waals surface area contributed by atoms with Gasteiger partial charge in [0.2, 0.25) is 11.8 Å². The number of likely N-dealkylation sites (tertiary alicyclic amines) is 1. The molecule has 7 heteroatoms. The van der Waals surface area contributed by atoms with Crippen LogP contribution in [0, 0.1) is 18.8 Å². The normalized spacial score (nSPS) is 25.8. The number of amides is 2. The van der Waals surface area contributed by atoms with E-state index < -0.39 is 9.84 Å². The fourth-order valence-corrected chi connectivity index (χ4v) is 4.84. The van der Waals surface area contributed by atoms with Gasteiger partial charge in [0.25, 0.3) is 0 Å². The molecule has 0 aromatic heterocycles. The molecule has 26 heavy (non-hydrogen) atoms. The summed E-state index contributed by atoms with van der Waals surface area (Å²) < 4.78 is 22.8. The van der Waals surface area contributed by atoms with E-state index in [1.54, 1.807) is 4.90 Å². The SMILES string of the molecule is Cc1ccc(CN2CC(C(=O)NCC3CC(S(C)(=O)=O)C3)CC2=O)cc1. The first kappa shape index (κ1) is 18.9. The van der Waals surface area contributed by atoms with E-state index in [-0.39, 0.29) is 35.3 Å². The Kier molecular flexibility index (Phi) is 5.37. The van der Waals surface area contributed by atoms with Crippen molar-refractivity contribution in [2.75, 3.05) is 19.3 Å². The fourth-order valence-electron chi connectivity index (χ4n) is 3.59. The second-order valence-electron chi connectivity index (χ2n) is 7.70. The lowest BCUT2D eigenvalue weighted by Crippen LogP contribution is -2.43. The van der Waals surface area contributed by atoms with Gasteiger partial charge in [-0.05, 0) is 31.2 Å². The number of benzene rings is 1. The molecule has 1 saturated carbocycles. The topological polar surface area (TPSA) is 83.6 Å². The maximum absolute atomic E-state index is 12.3. The van der Waals surface area contributed by atoms with Crippen LogP contribution in [0.1, 0.15) is 30.4 Å². The van der Waals surface area contributed by atoms with E-state index in [2.05, 4.69) is 5.32 Å². The Morgan fingerprint density at radius 3 is 2.50 bits per heavy atom. The van der Waals surface area contributed by atoms with Crippen molar-refractivity contribution < 1.29 is 18.0 Å². The van der Waals surface area contributed by atoms with Crippen LogP contribution in [0.5, 0.6) is 0 Å². The first-order valence-corrected chi connectivity index (χ1v) is 11.0. The maximum atomic E-state index is 12.3. The van der Waals surface area contributed by atoms with Crippen LogP contribution in [0.15, 0.2) is 24.3 Å². The van der Waals surface area contributed by atoms with E-state index in [0.717, 1.165) is 5.56 Å². The smallest absolute Gasteiger partial charge is 0.225 e. The summed E-state index contributed by atoms with van der Waals surface area (Å²) in [6.07, 6.45) is 2.73. The van der Waals surface area contributed by atoms with Gasteiger partial charge in [-0.1, -0.05) is 29.8 Å². The maximum Gasteiger partial charge on any atom is 0.225 e. The molecule has 1 aliphatic heterocycles. The summed E-state index contributed by atoms with van der Waals surface area (Å²) in [6.45, 7) is 3.48. The Labute approximate surface area is 154 Å². The number of hydrogen-bond donors (Lipinski definition) is 1. The van der Waals surface area contributed by atoms with Crippen molar-refractivity contribution in [2.45, 2.75) is 38.0 Å². The van der Waals surface area contributed by atoms with E-state index >= 15 is 0 Å². The molecule has 1 N–H and O–H groups in total. The van der Waals surface area contributed by atoms with Crippen LogP contribution in [0.25, 0.3) is 0 Å². The van der Waals surface area contributed by atoms with Gasteiger partial charge < -0.3 is 10.2 Å². The number of nitrogens with one attached hydrogen (secondary N) is 1. The number of aryl methyl sites for hydroxylation is 1. The van der Waals surface area contributed by atoms with Gasteiger partial charge in [-0.2, -0.15) is 0 Å². The van der Waals surface area contributed by atoms with Crippen molar-refractivity contribution in [3.05, 3.63) is 35.4 Å². The van der Waals surface area contributed by atoms with Gasteiger partial charge in [-0.15, -0.1) is 0 Å². The molecular formula is C19H26N2O4S. The van der Waals surface area contributed by atoms with Crippen LogP contribution < -0.4 is 5.32 Å². The molecule has 1 aromatic carbocycles. The third-order valence-corrected chi connectivity index (χ3v) is 7.04. The fraction of sp³-hybridized carbons (Fsp3) is 0.579. The van der Waals surface area contributed by atoms with Crippen molar-refractivity contribution in [2.24, 2.45) is 11.8 Å². The molecule has 1 unspecified atom stereocenters. The molecule has 0 bridgehead atoms. The molecule has 6 nitrogen and oxygen atoms in total. The average molecular weight is 378 g/mol. The Bertz CT molecular complexity index is 782. The first-order valence-electron chi connectivity index (χ1n) is 9.02. The van der Waals surface area contributed by atoms with Crippen LogP contribution in [0.3, 0.4) is 0 Å². The van der Waals surface area contributed by atoms with Crippen LogP contribution in [0.2, 0.25) is 0 Å². The quantitative estimate of drug-likeness (QED) is 0.808. The molecule has 1 heterocycles. The number of carbonyl (C=O) groups is 2. The number of nitrogens with zero attached hydrogens (tertiary/aromatic N) is 1. The summed E-state index contributed by atoms with van der Waals surface area (Å²) in [5, 5.41) is 2.64. The van der Waals surface area contributed by atoms with Crippen molar-refractivity contribution in [1.82, 2.24) is 10.2 Å². The van der Waals surface area contributed by atoms with Crippen LogP contribution in [-0.4, -0.2) is 49.7 Å². The summed E-state index contributed by atoms with van der Waals surface area (Å²) in [6, 6.07) is 8.04. The van der Waals surface area contributed by atoms with E-state index in [1.807, 2.05) is 31.2 Å². The zero-order chi connectivity index (χ0) is 18.9. The third kappa shape index (κ3) is 4.44. The first-order chi connectivity index (χ1) is 12.2. The molecule has 1 saturated heterocycles. The molecule has 1 aromatic rings. The summed E-state index contributed by atoms with van der Waals surface area (Å²) >= 11 is 0. The lowest BCUT2D eigenvalue weighted by Gasteiger charge is -2.34. The Morgan fingerprint density at radius 2 is 1.88 bits per heavy atom. The standard InChI is InChI=1S/C19H26N2O4S/c1-13-3-5-14(6-4-13)11-21-12-16(9-18(21)22)19(23)20-10-15-7-17(8-15)26(2,24)25/h3-6,15-17H,7-12H2,1-2H3,(H,20,23). The van der Waals surface area contributed by atoms with Gasteiger partial charge in [-0.25, -0.2) is 8.42 Å². The highest BCUT2D eigenvalue weighted by atomic mass is 32.2. The molecule has 2 fully saturated rings. The van der Waals surface area contributed by atoms with Gasteiger partial charge in [0, 0.05) is 32.3 Å².